The Bertz CT molecular complexity index is 1270. The summed E-state index contributed by atoms with van der Waals surface area (Å²) in [5.41, 5.74) is 1.91. The first-order valence-corrected chi connectivity index (χ1v) is 13.0. The Morgan fingerprint density at radius 1 is 1.03 bits per heavy atom. The first kappa shape index (κ1) is 25.0. The van der Waals surface area contributed by atoms with E-state index in [1.165, 1.54) is 0 Å². The molecule has 0 aliphatic carbocycles. The number of para-hydroxylation sites is 1. The molecule has 9 nitrogen and oxygen atoms in total. The van der Waals surface area contributed by atoms with Gasteiger partial charge in [-0.15, -0.1) is 0 Å². The number of carbonyl (C=O) groups is 2. The number of benzene rings is 2. The van der Waals surface area contributed by atoms with Gasteiger partial charge in [0, 0.05) is 37.6 Å². The average molecular weight is 502 g/mol. The number of piperazine rings is 1. The van der Waals surface area contributed by atoms with Crippen LogP contribution in [0.2, 0.25) is 0 Å². The van der Waals surface area contributed by atoms with Gasteiger partial charge in [-0.05, 0) is 30.5 Å². The molecule has 37 heavy (non-hydrogen) atoms. The Labute approximate surface area is 217 Å². The molecule has 1 saturated heterocycles. The molecule has 1 fully saturated rings. The predicted molar refractivity (Wildman–Crippen MR) is 144 cm³/mol. The highest BCUT2D eigenvalue weighted by molar-refractivity contribution is 5.92. The van der Waals surface area contributed by atoms with Crippen molar-refractivity contribution in [3.8, 4) is 0 Å². The molecule has 3 amide bonds. The lowest BCUT2D eigenvalue weighted by molar-refractivity contribution is -0.123. The molecule has 3 heterocycles. The number of rotatable bonds is 3. The van der Waals surface area contributed by atoms with Crippen LogP contribution in [0.3, 0.4) is 0 Å². The summed E-state index contributed by atoms with van der Waals surface area (Å²) < 4.78 is 0. The summed E-state index contributed by atoms with van der Waals surface area (Å²) in [6.07, 6.45) is 0. The summed E-state index contributed by atoms with van der Waals surface area (Å²) in [7, 11) is 0. The number of urea groups is 1. The summed E-state index contributed by atoms with van der Waals surface area (Å²) >= 11 is 0. The van der Waals surface area contributed by atoms with Crippen LogP contribution in [0.4, 0.5) is 10.6 Å². The summed E-state index contributed by atoms with van der Waals surface area (Å²) in [6, 6.07) is 17.1. The van der Waals surface area contributed by atoms with Crippen molar-refractivity contribution in [1.29, 1.82) is 0 Å². The number of fused-ring (bicyclic) bond motifs is 5. The molecule has 2 aliphatic rings. The summed E-state index contributed by atoms with van der Waals surface area (Å²) in [4.78, 5) is 40.2. The molecule has 3 atom stereocenters. The molecule has 1 unspecified atom stereocenters. The zero-order valence-electron chi connectivity index (χ0n) is 21.6. The second-order valence-corrected chi connectivity index (χ2v) is 10.3. The zero-order chi connectivity index (χ0) is 25.9. The second kappa shape index (κ2) is 10.7. The minimum Gasteiger partial charge on any atom is -0.358 e. The van der Waals surface area contributed by atoms with E-state index in [0.29, 0.717) is 44.4 Å². The van der Waals surface area contributed by atoms with Crippen molar-refractivity contribution in [3.63, 3.8) is 0 Å². The van der Waals surface area contributed by atoms with Crippen LogP contribution in [-0.2, 0) is 11.3 Å². The third-order valence-corrected chi connectivity index (χ3v) is 7.28. The second-order valence-electron chi connectivity index (χ2n) is 10.3. The van der Waals surface area contributed by atoms with Crippen molar-refractivity contribution in [1.82, 2.24) is 30.4 Å². The van der Waals surface area contributed by atoms with Crippen molar-refractivity contribution >= 4 is 28.7 Å². The maximum absolute atomic E-state index is 13.3. The van der Waals surface area contributed by atoms with E-state index in [1.54, 1.807) is 0 Å². The Hall–Kier alpha value is -3.72. The minimum absolute atomic E-state index is 0.0556. The van der Waals surface area contributed by atoms with Gasteiger partial charge >= 0.3 is 6.03 Å². The van der Waals surface area contributed by atoms with E-state index in [4.69, 9.17) is 9.97 Å². The normalized spacial score (nSPS) is 21.4. The molecule has 0 saturated carbocycles. The van der Waals surface area contributed by atoms with Gasteiger partial charge in [0.15, 0.2) is 0 Å². The fraction of sp³-hybridized carbons (Fsp3) is 0.429. The Kier molecular flexibility index (Phi) is 7.23. The molecule has 3 N–H and O–H groups in total. The van der Waals surface area contributed by atoms with E-state index in [2.05, 4.69) is 20.9 Å². The van der Waals surface area contributed by atoms with E-state index in [1.807, 2.05) is 80.3 Å². The van der Waals surface area contributed by atoms with Crippen molar-refractivity contribution in [2.24, 2.45) is 5.92 Å². The number of anilines is 1. The van der Waals surface area contributed by atoms with Crippen LogP contribution < -0.4 is 16.0 Å². The third kappa shape index (κ3) is 5.51. The average Bonchev–Trinajstić information content (AvgIpc) is 2.92. The van der Waals surface area contributed by atoms with Crippen LogP contribution >= 0.6 is 0 Å². The highest BCUT2D eigenvalue weighted by Gasteiger charge is 2.33. The first-order valence-electron chi connectivity index (χ1n) is 13.0. The molecular weight excluding hydrogens is 466 g/mol. The number of nitrogens with one attached hydrogen (secondary N) is 3. The molecule has 2 aromatic carbocycles. The number of amides is 3. The fourth-order valence-electron chi connectivity index (χ4n) is 5.08. The molecule has 0 spiro atoms. The van der Waals surface area contributed by atoms with Crippen molar-refractivity contribution in [2.75, 3.05) is 31.5 Å². The standard InChI is InChI=1S/C28H35N7O2/c1-18(2)25-27(36)29-15-21-16-35(28(37)30-19(3)20-9-5-4-6-10-20)14-13-34(21)17-24-31-23-12-8-7-11-22(23)26(32-24)33-25/h4-12,18-19,21,25H,13-17H2,1-3H3,(H,29,36)(H,30,37)(H,31,32,33)/t19-,21?,25-/m0/s1. The van der Waals surface area contributed by atoms with Crippen molar-refractivity contribution < 1.29 is 9.59 Å². The zero-order valence-corrected chi connectivity index (χ0v) is 21.6. The fourth-order valence-corrected chi connectivity index (χ4v) is 5.08. The highest BCUT2D eigenvalue weighted by Crippen LogP contribution is 2.24. The van der Waals surface area contributed by atoms with Gasteiger partial charge in [0.2, 0.25) is 5.91 Å². The molecule has 9 heteroatoms. The molecular formula is C28H35N7O2. The van der Waals surface area contributed by atoms with Gasteiger partial charge in [0.1, 0.15) is 17.7 Å². The van der Waals surface area contributed by atoms with Crippen molar-refractivity contribution in [2.45, 2.75) is 45.4 Å². The van der Waals surface area contributed by atoms with Gasteiger partial charge < -0.3 is 20.9 Å². The smallest absolute Gasteiger partial charge is 0.317 e. The number of nitrogens with zero attached hydrogens (tertiary/aromatic N) is 4. The van der Waals surface area contributed by atoms with E-state index in [0.717, 1.165) is 16.5 Å². The molecule has 194 valence electrons. The predicted octanol–water partition coefficient (Wildman–Crippen LogP) is 3.15. The lowest BCUT2D eigenvalue weighted by atomic mass is 10.0. The van der Waals surface area contributed by atoms with Crippen LogP contribution in [0.15, 0.2) is 54.6 Å². The molecule has 2 bridgehead atoms. The van der Waals surface area contributed by atoms with Gasteiger partial charge in [-0.25, -0.2) is 14.8 Å². The van der Waals surface area contributed by atoms with Crippen LogP contribution in [0.25, 0.3) is 10.9 Å². The van der Waals surface area contributed by atoms with Gasteiger partial charge in [-0.2, -0.15) is 0 Å². The summed E-state index contributed by atoms with van der Waals surface area (Å²) in [5, 5.41) is 10.6. The maximum atomic E-state index is 13.3. The largest absolute Gasteiger partial charge is 0.358 e. The lowest BCUT2D eigenvalue weighted by Gasteiger charge is -2.41. The van der Waals surface area contributed by atoms with Crippen LogP contribution in [-0.4, -0.2) is 70.0 Å². The summed E-state index contributed by atoms with van der Waals surface area (Å²) in [5.74, 6) is 1.38. The van der Waals surface area contributed by atoms with E-state index in [9.17, 15) is 9.59 Å². The van der Waals surface area contributed by atoms with Gasteiger partial charge in [0.25, 0.3) is 0 Å². The van der Waals surface area contributed by atoms with Crippen LogP contribution in [0.1, 0.15) is 38.2 Å². The topological polar surface area (TPSA) is 102 Å². The highest BCUT2D eigenvalue weighted by atomic mass is 16.2. The maximum Gasteiger partial charge on any atom is 0.317 e. The molecule has 0 radical (unpaired) electrons. The van der Waals surface area contributed by atoms with Gasteiger partial charge in [-0.3, -0.25) is 9.69 Å². The third-order valence-electron chi connectivity index (χ3n) is 7.28. The molecule has 2 aliphatic heterocycles. The SMILES string of the molecule is CC(C)[C@@H]1Nc2nc(nc3ccccc23)CN2CCN(C(=O)N[C@@H](C)c3ccccc3)CC2CNC1=O. The molecule has 1 aromatic heterocycles. The monoisotopic (exact) mass is 501 g/mol. The lowest BCUT2D eigenvalue weighted by Crippen LogP contribution is -2.60. The Balaban J connectivity index is 1.38. The Morgan fingerprint density at radius 2 is 1.78 bits per heavy atom. The minimum atomic E-state index is -0.438. The van der Waals surface area contributed by atoms with Gasteiger partial charge in [0.05, 0.1) is 18.1 Å². The molecule has 5 rings (SSSR count). The molecule has 3 aromatic rings. The van der Waals surface area contributed by atoms with E-state index in [-0.39, 0.29) is 29.9 Å². The first-order chi connectivity index (χ1) is 17.9. The quantitative estimate of drug-likeness (QED) is 0.510. The van der Waals surface area contributed by atoms with Crippen molar-refractivity contribution in [3.05, 3.63) is 66.0 Å². The van der Waals surface area contributed by atoms with Crippen LogP contribution in [0.5, 0.6) is 0 Å². The number of aromatic nitrogens is 2. The number of hydrogen-bond acceptors (Lipinski definition) is 6. The number of hydrogen-bond donors (Lipinski definition) is 3. The van der Waals surface area contributed by atoms with Crippen LogP contribution in [0, 0.1) is 5.92 Å². The van der Waals surface area contributed by atoms with E-state index >= 15 is 0 Å². The summed E-state index contributed by atoms with van der Waals surface area (Å²) in [6.45, 7) is 8.78. The number of carbonyl (C=O) groups excluding carboxylic acids is 2. The van der Waals surface area contributed by atoms with Gasteiger partial charge in [-0.1, -0.05) is 56.3 Å². The van der Waals surface area contributed by atoms with E-state index < -0.39 is 6.04 Å². The Morgan fingerprint density at radius 3 is 2.57 bits per heavy atom.